The molecule has 0 atom stereocenters. The summed E-state index contributed by atoms with van der Waals surface area (Å²) in [5.74, 6) is -2.55. The van der Waals surface area contributed by atoms with Gasteiger partial charge in [0, 0.05) is 11.8 Å². The lowest BCUT2D eigenvalue weighted by Crippen LogP contribution is -2.04. The van der Waals surface area contributed by atoms with E-state index >= 15 is 0 Å². The number of benzene rings is 1. The lowest BCUT2D eigenvalue weighted by Gasteiger charge is -2.01. The number of hydrogen-bond donors (Lipinski definition) is 0. The van der Waals surface area contributed by atoms with Gasteiger partial charge in [-0.15, -0.1) is 0 Å². The van der Waals surface area contributed by atoms with Gasteiger partial charge in [-0.05, 0) is 30.3 Å². The van der Waals surface area contributed by atoms with Crippen molar-refractivity contribution in [2.75, 3.05) is 0 Å². The molecule has 0 amide bonds. The van der Waals surface area contributed by atoms with E-state index in [1.165, 1.54) is 24.4 Å². The summed E-state index contributed by atoms with van der Waals surface area (Å²) in [5, 5.41) is 0.395. The molecule has 0 spiro atoms. The Bertz CT molecular complexity index is 569. The second-order valence-corrected chi connectivity index (χ2v) is 3.76. The van der Waals surface area contributed by atoms with E-state index in [2.05, 4.69) is 4.98 Å². The van der Waals surface area contributed by atoms with Crippen molar-refractivity contribution >= 4 is 17.4 Å². The lowest BCUT2D eigenvalue weighted by atomic mass is 10.1. The molecular weight excluding hydrogens is 248 g/mol. The molecule has 0 unspecified atom stereocenters. The van der Waals surface area contributed by atoms with Gasteiger partial charge < -0.3 is 0 Å². The van der Waals surface area contributed by atoms with Gasteiger partial charge in [-0.25, -0.2) is 8.78 Å². The number of carbonyl (C=O) groups excluding carboxylic acids is 1. The minimum Gasteiger partial charge on any atom is -0.287 e. The van der Waals surface area contributed by atoms with Gasteiger partial charge in [0.15, 0.2) is 11.6 Å². The summed E-state index contributed by atoms with van der Waals surface area (Å²) in [6.45, 7) is 0. The van der Waals surface area contributed by atoms with Crippen LogP contribution in [0.4, 0.5) is 8.78 Å². The van der Waals surface area contributed by atoms with Crippen molar-refractivity contribution in [3.8, 4) is 0 Å². The van der Waals surface area contributed by atoms with Crippen LogP contribution < -0.4 is 0 Å². The molecule has 0 fully saturated rings. The van der Waals surface area contributed by atoms with Crippen LogP contribution in [-0.2, 0) is 0 Å². The predicted octanol–water partition coefficient (Wildman–Crippen LogP) is 3.24. The van der Waals surface area contributed by atoms with Crippen LogP contribution in [0.3, 0.4) is 0 Å². The van der Waals surface area contributed by atoms with Crippen molar-refractivity contribution in [1.29, 1.82) is 0 Å². The van der Waals surface area contributed by atoms with Crippen molar-refractivity contribution < 1.29 is 13.6 Å². The fourth-order valence-corrected chi connectivity index (χ4v) is 1.41. The molecule has 0 aliphatic heterocycles. The number of hydrogen-bond acceptors (Lipinski definition) is 2. The Morgan fingerprint density at radius 2 is 1.88 bits per heavy atom. The highest BCUT2D eigenvalue weighted by Gasteiger charge is 2.12. The minimum atomic E-state index is -1.06. The Kier molecular flexibility index (Phi) is 3.15. The van der Waals surface area contributed by atoms with Crippen LogP contribution >= 0.6 is 11.6 Å². The number of rotatable bonds is 2. The zero-order chi connectivity index (χ0) is 12.4. The molecule has 0 N–H and O–H groups in total. The van der Waals surface area contributed by atoms with Crippen LogP contribution in [0.25, 0.3) is 0 Å². The summed E-state index contributed by atoms with van der Waals surface area (Å²) in [4.78, 5) is 15.6. The Morgan fingerprint density at radius 3 is 2.47 bits per heavy atom. The van der Waals surface area contributed by atoms with Gasteiger partial charge in [-0.3, -0.25) is 9.78 Å². The molecule has 0 saturated carbocycles. The average molecular weight is 254 g/mol. The SMILES string of the molecule is O=C(c1ccc(F)c(F)c1)c1ccc(Cl)cn1. The van der Waals surface area contributed by atoms with E-state index in [0.29, 0.717) is 5.02 Å². The third-order valence-electron chi connectivity index (χ3n) is 2.14. The molecule has 0 saturated heterocycles. The number of halogens is 3. The van der Waals surface area contributed by atoms with Gasteiger partial charge in [0.2, 0.25) is 5.78 Å². The lowest BCUT2D eigenvalue weighted by molar-refractivity contribution is 0.103. The average Bonchev–Trinajstić information content (AvgIpc) is 2.33. The molecule has 0 aliphatic rings. The second kappa shape index (κ2) is 4.59. The molecule has 2 rings (SSSR count). The zero-order valence-electron chi connectivity index (χ0n) is 8.45. The summed E-state index contributed by atoms with van der Waals surface area (Å²) in [7, 11) is 0. The van der Waals surface area contributed by atoms with Crippen molar-refractivity contribution in [2.45, 2.75) is 0 Å². The summed E-state index contributed by atoms with van der Waals surface area (Å²) in [6.07, 6.45) is 1.31. The zero-order valence-corrected chi connectivity index (χ0v) is 9.21. The Hall–Kier alpha value is -1.81. The smallest absolute Gasteiger partial charge is 0.211 e. The van der Waals surface area contributed by atoms with Gasteiger partial charge in [0.1, 0.15) is 5.69 Å². The molecular formula is C12H6ClF2NO. The van der Waals surface area contributed by atoms with Crippen LogP contribution in [0, 0.1) is 11.6 Å². The maximum atomic E-state index is 13.0. The number of pyridine rings is 1. The minimum absolute atomic E-state index is 0.0405. The van der Waals surface area contributed by atoms with Crippen molar-refractivity contribution in [3.05, 3.63) is 64.4 Å². The maximum absolute atomic E-state index is 13.0. The van der Waals surface area contributed by atoms with Gasteiger partial charge in [0.05, 0.1) is 5.02 Å². The fraction of sp³-hybridized carbons (Fsp3) is 0. The number of ketones is 1. The summed E-state index contributed by atoms with van der Waals surface area (Å²) >= 11 is 5.62. The van der Waals surface area contributed by atoms with E-state index in [9.17, 15) is 13.6 Å². The van der Waals surface area contributed by atoms with Crippen LogP contribution in [0.2, 0.25) is 5.02 Å². The topological polar surface area (TPSA) is 30.0 Å². The molecule has 1 aromatic carbocycles. The number of nitrogens with zero attached hydrogens (tertiary/aromatic N) is 1. The molecule has 0 bridgehead atoms. The van der Waals surface area contributed by atoms with Gasteiger partial charge >= 0.3 is 0 Å². The van der Waals surface area contributed by atoms with Crippen LogP contribution in [-0.4, -0.2) is 10.8 Å². The molecule has 2 nitrogen and oxygen atoms in total. The van der Waals surface area contributed by atoms with Crippen molar-refractivity contribution in [2.24, 2.45) is 0 Å². The van der Waals surface area contributed by atoms with Crippen molar-refractivity contribution in [1.82, 2.24) is 4.98 Å². The molecule has 5 heteroatoms. The van der Waals surface area contributed by atoms with E-state index in [1.54, 1.807) is 0 Å². The monoisotopic (exact) mass is 253 g/mol. The molecule has 1 aromatic heterocycles. The first-order chi connectivity index (χ1) is 8.08. The molecule has 17 heavy (non-hydrogen) atoms. The van der Waals surface area contributed by atoms with Crippen LogP contribution in [0.1, 0.15) is 16.1 Å². The summed E-state index contributed by atoms with van der Waals surface area (Å²) in [5.41, 5.74) is 0.166. The Balaban J connectivity index is 2.37. The van der Waals surface area contributed by atoms with Crippen LogP contribution in [0.15, 0.2) is 36.5 Å². The highest BCUT2D eigenvalue weighted by atomic mass is 35.5. The van der Waals surface area contributed by atoms with Gasteiger partial charge in [0.25, 0.3) is 0 Å². The first-order valence-electron chi connectivity index (χ1n) is 4.69. The molecule has 86 valence electrons. The molecule has 0 radical (unpaired) electrons. The third-order valence-corrected chi connectivity index (χ3v) is 2.37. The first kappa shape index (κ1) is 11.7. The van der Waals surface area contributed by atoms with E-state index in [1.807, 2.05) is 0 Å². The maximum Gasteiger partial charge on any atom is 0.211 e. The Morgan fingerprint density at radius 1 is 1.12 bits per heavy atom. The molecule has 2 aromatic rings. The van der Waals surface area contributed by atoms with Gasteiger partial charge in [-0.2, -0.15) is 0 Å². The van der Waals surface area contributed by atoms with E-state index in [4.69, 9.17) is 11.6 Å². The second-order valence-electron chi connectivity index (χ2n) is 3.32. The quantitative estimate of drug-likeness (QED) is 0.769. The molecule has 0 aliphatic carbocycles. The third kappa shape index (κ3) is 2.47. The fourth-order valence-electron chi connectivity index (χ4n) is 1.30. The Labute approximate surface area is 101 Å². The van der Waals surface area contributed by atoms with Gasteiger partial charge in [-0.1, -0.05) is 11.6 Å². The first-order valence-corrected chi connectivity index (χ1v) is 5.07. The normalized spacial score (nSPS) is 10.3. The number of aromatic nitrogens is 1. The highest BCUT2D eigenvalue weighted by molar-refractivity contribution is 6.30. The standard InChI is InChI=1S/C12H6ClF2NO/c13-8-2-4-11(16-6-8)12(17)7-1-3-9(14)10(15)5-7/h1-6H. The van der Waals surface area contributed by atoms with E-state index in [0.717, 1.165) is 12.1 Å². The molecule has 1 heterocycles. The van der Waals surface area contributed by atoms with Crippen LogP contribution in [0.5, 0.6) is 0 Å². The summed E-state index contributed by atoms with van der Waals surface area (Å²) in [6, 6.07) is 5.87. The van der Waals surface area contributed by atoms with E-state index < -0.39 is 17.4 Å². The largest absolute Gasteiger partial charge is 0.287 e. The highest BCUT2D eigenvalue weighted by Crippen LogP contribution is 2.13. The summed E-state index contributed by atoms with van der Waals surface area (Å²) < 4.78 is 25.6. The van der Waals surface area contributed by atoms with Crippen molar-refractivity contribution in [3.63, 3.8) is 0 Å². The van der Waals surface area contributed by atoms with E-state index in [-0.39, 0.29) is 11.3 Å². The predicted molar refractivity (Wildman–Crippen MR) is 59.0 cm³/mol. The number of carbonyl (C=O) groups is 1.